The summed E-state index contributed by atoms with van der Waals surface area (Å²) in [4.78, 5) is 26.5. The maximum Gasteiger partial charge on any atom is 0.228 e. The van der Waals surface area contributed by atoms with E-state index in [0.717, 1.165) is 6.42 Å². The van der Waals surface area contributed by atoms with E-state index in [-0.39, 0.29) is 30.0 Å². The number of methoxy groups -OCH3 is 1. The minimum absolute atomic E-state index is 0.0654. The molecule has 0 saturated carbocycles. The van der Waals surface area contributed by atoms with E-state index in [1.165, 1.54) is 11.4 Å². The molecule has 9 heteroatoms. The number of piperidine rings is 1. The summed E-state index contributed by atoms with van der Waals surface area (Å²) in [7, 11) is -1.78. The van der Waals surface area contributed by atoms with Gasteiger partial charge in [0.25, 0.3) is 0 Å². The van der Waals surface area contributed by atoms with E-state index in [2.05, 4.69) is 5.32 Å². The average Bonchev–Trinajstić information content (AvgIpc) is 3.13. The molecule has 1 aromatic carbocycles. The summed E-state index contributed by atoms with van der Waals surface area (Å²) in [6, 6.07) is 5.22. The number of ether oxygens (including phenoxy) is 1. The van der Waals surface area contributed by atoms with Crippen molar-refractivity contribution in [1.29, 1.82) is 0 Å². The standard InChI is InChI=1S/C20H29N3O5S/c1-3-12-29(26,27)22-10-4-6-15(14-22)20(25)21-16-8-9-17(18(13-16)28-2)23-11-5-7-19(23)24/h8-9,13,15H,3-7,10-12,14H2,1-2H3,(H,21,25). The fraction of sp³-hybridized carbons (Fsp3) is 0.600. The smallest absolute Gasteiger partial charge is 0.228 e. The number of sulfonamides is 1. The third-order valence-electron chi connectivity index (χ3n) is 5.42. The molecule has 0 bridgehead atoms. The predicted molar refractivity (Wildman–Crippen MR) is 112 cm³/mol. The minimum atomic E-state index is -3.31. The SMILES string of the molecule is CCCS(=O)(=O)N1CCCC(C(=O)Nc2ccc(N3CCCC3=O)c(OC)c2)C1. The summed E-state index contributed by atoms with van der Waals surface area (Å²) in [6.45, 7) is 3.17. The summed E-state index contributed by atoms with van der Waals surface area (Å²) in [6.07, 6.45) is 3.23. The molecule has 2 heterocycles. The van der Waals surface area contributed by atoms with E-state index in [4.69, 9.17) is 4.74 Å². The van der Waals surface area contributed by atoms with Crippen LogP contribution in [0.3, 0.4) is 0 Å². The van der Waals surface area contributed by atoms with E-state index < -0.39 is 10.0 Å². The van der Waals surface area contributed by atoms with Crippen LogP contribution in [0.25, 0.3) is 0 Å². The van der Waals surface area contributed by atoms with Gasteiger partial charge in [-0.3, -0.25) is 9.59 Å². The van der Waals surface area contributed by atoms with Gasteiger partial charge in [-0.2, -0.15) is 0 Å². The van der Waals surface area contributed by atoms with Gasteiger partial charge in [0.1, 0.15) is 5.75 Å². The molecule has 29 heavy (non-hydrogen) atoms. The van der Waals surface area contributed by atoms with E-state index in [0.29, 0.717) is 55.9 Å². The highest BCUT2D eigenvalue weighted by Gasteiger charge is 2.32. The summed E-state index contributed by atoms with van der Waals surface area (Å²) >= 11 is 0. The van der Waals surface area contributed by atoms with E-state index in [9.17, 15) is 18.0 Å². The number of amides is 2. The minimum Gasteiger partial charge on any atom is -0.494 e. The number of hydrogen-bond acceptors (Lipinski definition) is 5. The number of hydrogen-bond donors (Lipinski definition) is 1. The van der Waals surface area contributed by atoms with Gasteiger partial charge in [0.05, 0.1) is 24.5 Å². The van der Waals surface area contributed by atoms with Crippen LogP contribution in [0.4, 0.5) is 11.4 Å². The monoisotopic (exact) mass is 423 g/mol. The van der Waals surface area contributed by atoms with Crippen LogP contribution in [0.15, 0.2) is 18.2 Å². The summed E-state index contributed by atoms with van der Waals surface area (Å²) in [5, 5.41) is 2.88. The molecule has 160 valence electrons. The Balaban J connectivity index is 1.69. The first-order valence-corrected chi connectivity index (χ1v) is 11.7. The van der Waals surface area contributed by atoms with Crippen molar-refractivity contribution in [3.8, 4) is 5.75 Å². The fourth-order valence-corrected chi connectivity index (χ4v) is 5.51. The van der Waals surface area contributed by atoms with E-state index >= 15 is 0 Å². The van der Waals surface area contributed by atoms with Crippen molar-refractivity contribution in [1.82, 2.24) is 4.31 Å². The fourth-order valence-electron chi connectivity index (χ4n) is 3.92. The number of carbonyl (C=O) groups excluding carboxylic acids is 2. The first kappa shape index (κ1) is 21.6. The molecular formula is C20H29N3O5S. The van der Waals surface area contributed by atoms with Gasteiger partial charge in [-0.1, -0.05) is 6.92 Å². The van der Waals surface area contributed by atoms with Crippen LogP contribution in [0.2, 0.25) is 0 Å². The molecule has 0 aromatic heterocycles. The van der Waals surface area contributed by atoms with Crippen molar-refractivity contribution < 1.29 is 22.7 Å². The quantitative estimate of drug-likeness (QED) is 0.725. The van der Waals surface area contributed by atoms with Crippen LogP contribution >= 0.6 is 0 Å². The highest BCUT2D eigenvalue weighted by Crippen LogP contribution is 2.34. The Morgan fingerprint density at radius 1 is 1.28 bits per heavy atom. The maximum absolute atomic E-state index is 12.8. The zero-order valence-electron chi connectivity index (χ0n) is 17.0. The van der Waals surface area contributed by atoms with Gasteiger partial charge in [-0.25, -0.2) is 12.7 Å². The average molecular weight is 424 g/mol. The molecule has 1 N–H and O–H groups in total. The van der Waals surface area contributed by atoms with Crippen molar-refractivity contribution >= 4 is 33.2 Å². The number of benzene rings is 1. The van der Waals surface area contributed by atoms with Gasteiger partial charge in [-0.15, -0.1) is 0 Å². The van der Waals surface area contributed by atoms with Crippen LogP contribution < -0.4 is 15.0 Å². The van der Waals surface area contributed by atoms with Crippen molar-refractivity contribution in [3.63, 3.8) is 0 Å². The summed E-state index contributed by atoms with van der Waals surface area (Å²) in [5.74, 6) is 0.106. The molecule has 1 unspecified atom stereocenters. The molecule has 8 nitrogen and oxygen atoms in total. The van der Waals surface area contributed by atoms with Gasteiger partial charge in [0, 0.05) is 37.8 Å². The molecule has 0 radical (unpaired) electrons. The number of rotatable bonds is 7. The lowest BCUT2D eigenvalue weighted by Gasteiger charge is -2.31. The second kappa shape index (κ2) is 9.13. The van der Waals surface area contributed by atoms with Crippen molar-refractivity contribution in [2.75, 3.05) is 42.7 Å². The summed E-state index contributed by atoms with van der Waals surface area (Å²) < 4.78 is 31.5. The van der Waals surface area contributed by atoms with Crippen molar-refractivity contribution in [2.24, 2.45) is 5.92 Å². The lowest BCUT2D eigenvalue weighted by Crippen LogP contribution is -2.44. The number of carbonyl (C=O) groups is 2. The lowest BCUT2D eigenvalue weighted by molar-refractivity contribution is -0.121. The highest BCUT2D eigenvalue weighted by atomic mass is 32.2. The summed E-state index contributed by atoms with van der Waals surface area (Å²) in [5.41, 5.74) is 1.26. The zero-order chi connectivity index (χ0) is 21.0. The largest absolute Gasteiger partial charge is 0.494 e. The molecule has 2 saturated heterocycles. The third kappa shape index (κ3) is 4.90. The van der Waals surface area contributed by atoms with E-state index in [1.54, 1.807) is 23.1 Å². The van der Waals surface area contributed by atoms with Gasteiger partial charge >= 0.3 is 0 Å². The van der Waals surface area contributed by atoms with Crippen LogP contribution in [0.5, 0.6) is 5.75 Å². The predicted octanol–water partition coefficient (Wildman–Crippen LogP) is 2.21. The van der Waals surface area contributed by atoms with Crippen LogP contribution in [-0.4, -0.2) is 57.0 Å². The molecule has 3 rings (SSSR count). The Kier molecular flexibility index (Phi) is 6.79. The number of nitrogens with zero attached hydrogens (tertiary/aromatic N) is 2. The van der Waals surface area contributed by atoms with Gasteiger partial charge in [-0.05, 0) is 37.8 Å². The van der Waals surface area contributed by atoms with E-state index in [1.807, 2.05) is 6.92 Å². The lowest BCUT2D eigenvalue weighted by atomic mass is 9.98. The molecule has 0 spiro atoms. The molecule has 0 aliphatic carbocycles. The molecule has 1 aromatic rings. The second-order valence-electron chi connectivity index (χ2n) is 7.54. The molecule has 2 fully saturated rings. The topological polar surface area (TPSA) is 96.0 Å². The van der Waals surface area contributed by atoms with Crippen molar-refractivity contribution in [3.05, 3.63) is 18.2 Å². The third-order valence-corrected chi connectivity index (χ3v) is 7.46. The molecule has 2 aliphatic heterocycles. The van der Waals surface area contributed by atoms with Crippen molar-refractivity contribution in [2.45, 2.75) is 39.0 Å². The molecule has 2 aliphatic rings. The Labute approximate surface area is 172 Å². The molecule has 2 amide bonds. The maximum atomic E-state index is 12.8. The first-order valence-electron chi connectivity index (χ1n) is 10.1. The second-order valence-corrected chi connectivity index (χ2v) is 9.63. The van der Waals surface area contributed by atoms with Gasteiger partial charge in [0.2, 0.25) is 21.8 Å². The number of nitrogens with one attached hydrogen (secondary N) is 1. The van der Waals surface area contributed by atoms with Gasteiger partial charge in [0.15, 0.2) is 0 Å². The first-order chi connectivity index (χ1) is 13.9. The molecule has 1 atom stereocenters. The van der Waals surface area contributed by atoms with Gasteiger partial charge < -0.3 is 15.0 Å². The Morgan fingerprint density at radius 2 is 2.07 bits per heavy atom. The Hall–Kier alpha value is -2.13. The molecular weight excluding hydrogens is 394 g/mol. The van der Waals surface area contributed by atoms with Crippen LogP contribution in [0.1, 0.15) is 39.0 Å². The highest BCUT2D eigenvalue weighted by molar-refractivity contribution is 7.89. The zero-order valence-corrected chi connectivity index (χ0v) is 17.8. The van der Waals surface area contributed by atoms with Crippen LogP contribution in [-0.2, 0) is 19.6 Å². The number of anilines is 2. The normalized spacial score (nSPS) is 20.7. The Morgan fingerprint density at radius 3 is 2.72 bits per heavy atom. The Bertz CT molecular complexity index is 871. The van der Waals surface area contributed by atoms with Crippen LogP contribution in [0, 0.1) is 5.92 Å².